The Labute approximate surface area is 181 Å². The highest BCUT2D eigenvalue weighted by molar-refractivity contribution is 8.08. The molecule has 15 heteroatoms. The van der Waals surface area contributed by atoms with Crippen molar-refractivity contribution in [2.45, 2.75) is 11.4 Å². The monoisotopic (exact) mass is 469 g/mol. The van der Waals surface area contributed by atoms with Crippen LogP contribution in [0.3, 0.4) is 0 Å². The Hall–Kier alpha value is -3.04. The van der Waals surface area contributed by atoms with Gasteiger partial charge in [-0.2, -0.15) is 0 Å². The lowest BCUT2D eigenvalue weighted by Crippen LogP contribution is -2.71. The zero-order chi connectivity index (χ0) is 22.0. The van der Waals surface area contributed by atoms with E-state index in [2.05, 4.69) is 15.5 Å². The molecule has 0 radical (unpaired) electrons. The summed E-state index contributed by atoms with van der Waals surface area (Å²) in [5.74, 6) is -2.65. The van der Waals surface area contributed by atoms with E-state index in [4.69, 9.17) is 22.1 Å². The number of nitrogen functional groups attached to an aromatic ring is 1. The second-order valence-electron chi connectivity index (χ2n) is 5.83. The van der Waals surface area contributed by atoms with Gasteiger partial charge in [0.15, 0.2) is 10.8 Å². The van der Waals surface area contributed by atoms with Gasteiger partial charge < -0.3 is 27.1 Å². The van der Waals surface area contributed by atoms with Crippen LogP contribution in [0.2, 0.25) is 0 Å². The average molecular weight is 470 g/mol. The van der Waals surface area contributed by atoms with Crippen molar-refractivity contribution in [2.24, 2.45) is 10.9 Å². The fourth-order valence-corrected chi connectivity index (χ4v) is 5.58. The van der Waals surface area contributed by atoms with E-state index in [-0.39, 0.29) is 28.1 Å². The average Bonchev–Trinajstić information content (AvgIpc) is 3.11. The van der Waals surface area contributed by atoms with Crippen LogP contribution in [0.4, 0.5) is 5.13 Å². The molecule has 0 saturated carbocycles. The molecule has 3 rings (SSSR count). The van der Waals surface area contributed by atoms with Crippen molar-refractivity contribution in [3.63, 3.8) is 0 Å². The number of amides is 2. The van der Waals surface area contributed by atoms with Gasteiger partial charge >= 0.3 is 5.97 Å². The Kier molecular flexibility index (Phi) is 6.33. The molecule has 1 unspecified atom stereocenters. The number of thiazole rings is 1. The van der Waals surface area contributed by atoms with Crippen LogP contribution in [-0.4, -0.2) is 66.7 Å². The van der Waals surface area contributed by atoms with Crippen LogP contribution in [-0.2, 0) is 14.4 Å². The minimum Gasteiger partial charge on any atom is -0.477 e. The van der Waals surface area contributed by atoms with Crippen LogP contribution in [0.1, 0.15) is 5.69 Å². The lowest BCUT2D eigenvalue weighted by atomic mass is 10.0. The number of carbonyl (C=O) groups is 3. The number of hydrogen-bond donors (Lipinski definition) is 6. The molecule has 2 aliphatic rings. The topological polar surface area (TPSA) is 208 Å². The van der Waals surface area contributed by atoms with E-state index in [1.54, 1.807) is 0 Å². The lowest BCUT2D eigenvalue weighted by molar-refractivity contribution is -0.150. The van der Waals surface area contributed by atoms with Gasteiger partial charge in [0.25, 0.3) is 11.8 Å². The molecule has 1 fully saturated rings. The summed E-state index contributed by atoms with van der Waals surface area (Å²) in [6.45, 7) is 0. The molecule has 158 valence electrons. The van der Waals surface area contributed by atoms with Crippen molar-refractivity contribution in [1.29, 1.82) is 5.41 Å². The molecule has 0 aromatic carbocycles. The van der Waals surface area contributed by atoms with Crippen molar-refractivity contribution in [2.75, 3.05) is 11.5 Å². The number of oxime groups is 1. The number of nitrogens with zero attached hydrogens (tertiary/aromatic N) is 3. The van der Waals surface area contributed by atoms with Crippen molar-refractivity contribution < 1.29 is 24.7 Å². The first kappa shape index (κ1) is 21.7. The van der Waals surface area contributed by atoms with Gasteiger partial charge in [-0.1, -0.05) is 16.9 Å². The fraction of sp³-hybridized carbons (Fsp3) is 0.200. The van der Waals surface area contributed by atoms with E-state index in [1.807, 2.05) is 0 Å². The Morgan fingerprint density at radius 2 is 2.23 bits per heavy atom. The molecule has 1 aromatic rings. The molecule has 0 spiro atoms. The number of rotatable bonds is 7. The van der Waals surface area contributed by atoms with Gasteiger partial charge in [0.2, 0.25) is 0 Å². The smallest absolute Gasteiger partial charge is 0.353 e. The van der Waals surface area contributed by atoms with Crippen molar-refractivity contribution in [1.82, 2.24) is 15.2 Å². The maximum absolute atomic E-state index is 12.6. The van der Waals surface area contributed by atoms with Crippen LogP contribution < -0.4 is 16.8 Å². The largest absolute Gasteiger partial charge is 0.477 e. The number of aliphatic carboxylic acids is 1. The number of carboxylic acids is 1. The van der Waals surface area contributed by atoms with Crippen LogP contribution in [0.25, 0.3) is 0 Å². The predicted molar refractivity (Wildman–Crippen MR) is 113 cm³/mol. The van der Waals surface area contributed by atoms with Crippen molar-refractivity contribution in [3.05, 3.63) is 33.2 Å². The molecule has 8 N–H and O–H groups in total. The van der Waals surface area contributed by atoms with E-state index in [0.717, 1.165) is 28.0 Å². The number of carbonyl (C=O) groups excluding carboxylic acids is 2. The maximum Gasteiger partial charge on any atom is 0.353 e. The summed E-state index contributed by atoms with van der Waals surface area (Å²) in [6.07, 6.45) is 1.30. The maximum atomic E-state index is 12.6. The number of thioether (sulfide) groups is 2. The van der Waals surface area contributed by atoms with Gasteiger partial charge in [-0.25, -0.2) is 9.78 Å². The first-order valence-electron chi connectivity index (χ1n) is 8.07. The zero-order valence-electron chi connectivity index (χ0n) is 14.9. The summed E-state index contributed by atoms with van der Waals surface area (Å²) in [7, 11) is 0. The normalized spacial score (nSPS) is 21.4. The zero-order valence-corrected chi connectivity index (χ0v) is 17.4. The van der Waals surface area contributed by atoms with Crippen molar-refractivity contribution >= 4 is 69.3 Å². The van der Waals surface area contributed by atoms with Gasteiger partial charge in [-0.15, -0.1) is 23.1 Å². The van der Waals surface area contributed by atoms with E-state index in [0.29, 0.717) is 4.91 Å². The third-order valence-electron chi connectivity index (χ3n) is 3.96. The fourth-order valence-electron chi connectivity index (χ4n) is 2.69. The second kappa shape index (κ2) is 8.76. The highest BCUT2D eigenvalue weighted by Gasteiger charge is 2.54. The van der Waals surface area contributed by atoms with Gasteiger partial charge in [-0.3, -0.25) is 19.9 Å². The minimum atomic E-state index is -1.28. The van der Waals surface area contributed by atoms with E-state index in [1.165, 1.54) is 28.6 Å². The number of hydrogen-bond acceptors (Lipinski definition) is 11. The molecule has 2 amide bonds. The third kappa shape index (κ3) is 4.12. The Morgan fingerprint density at radius 1 is 1.50 bits per heavy atom. The highest BCUT2D eigenvalue weighted by Crippen LogP contribution is 2.43. The van der Waals surface area contributed by atoms with Crippen LogP contribution in [0.5, 0.6) is 0 Å². The highest BCUT2D eigenvalue weighted by atomic mass is 32.2. The molecule has 2 atom stereocenters. The van der Waals surface area contributed by atoms with Crippen molar-refractivity contribution in [3.8, 4) is 0 Å². The number of nitrogens with one attached hydrogen (secondary N) is 2. The number of amidine groups is 1. The first-order chi connectivity index (χ1) is 14.2. The van der Waals surface area contributed by atoms with E-state index in [9.17, 15) is 19.5 Å². The second-order valence-corrected chi connectivity index (χ2v) is 8.83. The number of nitrogens with two attached hydrogens (primary N) is 2. The first-order valence-corrected chi connectivity index (χ1v) is 10.9. The van der Waals surface area contributed by atoms with Crippen LogP contribution >= 0.6 is 34.9 Å². The molecule has 1 aromatic heterocycles. The molecule has 0 aliphatic carbocycles. The molecule has 3 heterocycles. The van der Waals surface area contributed by atoms with E-state index < -0.39 is 34.9 Å². The molecule has 2 aliphatic heterocycles. The van der Waals surface area contributed by atoms with Gasteiger partial charge in [-0.05, 0) is 11.5 Å². The summed E-state index contributed by atoms with van der Waals surface area (Å²) < 4.78 is 0. The molecule has 0 bridgehead atoms. The molecular weight excluding hydrogens is 454 g/mol. The predicted octanol–water partition coefficient (Wildman–Crippen LogP) is -0.217. The minimum absolute atomic E-state index is 0.0551. The third-order valence-corrected chi connectivity index (χ3v) is 6.99. The number of β-lactam (4-membered cyclic amide) rings is 1. The van der Waals surface area contributed by atoms with Crippen LogP contribution in [0.15, 0.2) is 32.6 Å². The van der Waals surface area contributed by atoms with Gasteiger partial charge in [0, 0.05) is 16.0 Å². The Morgan fingerprint density at radius 3 is 2.80 bits per heavy atom. The molecular formula is C15H15N7O5S3. The molecule has 30 heavy (non-hydrogen) atoms. The standard InChI is InChI=1S/C15H15N7O5S3/c16-7(17)1-2-28-6-4-29-13-9(12(24)22(13)10(6)14(25)26)20-11(23)8(21-27)5-3-30-15(18)19-5/h1-3,9,13,27H,4H2,(H3,16,17)(H2,18,19)(H,20,23)(H,25,26)/b2-1+,21-8-/t9?,13-/m1/s1. The Bertz CT molecular complexity index is 1020. The van der Waals surface area contributed by atoms with E-state index >= 15 is 0 Å². The quantitative estimate of drug-likeness (QED) is 0.102. The number of carboxylic acid groups (broad SMARTS) is 1. The van der Waals surface area contributed by atoms with Gasteiger partial charge in [0.1, 0.15) is 28.6 Å². The number of anilines is 1. The number of aromatic nitrogens is 1. The van der Waals surface area contributed by atoms with Gasteiger partial charge in [0.05, 0.1) is 0 Å². The molecule has 12 nitrogen and oxygen atoms in total. The molecule has 1 saturated heterocycles. The SMILES string of the molecule is N=C(N)/C=C/SC1=C(C(=O)O)N2C(=O)C(NC(=O)/C(=N\O)c3csc(N)n3)[C@H]2SC1. The summed E-state index contributed by atoms with van der Waals surface area (Å²) >= 11 is 3.37. The summed E-state index contributed by atoms with van der Waals surface area (Å²) in [4.78, 5) is 42.2. The summed E-state index contributed by atoms with van der Waals surface area (Å²) in [6, 6.07) is -0.996. The summed E-state index contributed by atoms with van der Waals surface area (Å²) in [5.41, 5.74) is 10.2. The van der Waals surface area contributed by atoms with Crippen LogP contribution in [0, 0.1) is 5.41 Å². The summed E-state index contributed by atoms with van der Waals surface area (Å²) in [5, 5.41) is 33.7. The lowest BCUT2D eigenvalue weighted by Gasteiger charge is -2.49. The Balaban J connectivity index is 1.76. The number of fused-ring (bicyclic) bond motifs is 1.